The first-order valence-corrected chi connectivity index (χ1v) is 8.41. The van der Waals surface area contributed by atoms with Gasteiger partial charge in [0.05, 0.1) is 22.2 Å². The fourth-order valence-corrected chi connectivity index (χ4v) is 3.79. The van der Waals surface area contributed by atoms with Crippen molar-refractivity contribution in [1.29, 1.82) is 5.26 Å². The van der Waals surface area contributed by atoms with Gasteiger partial charge >= 0.3 is 0 Å². The Balaban J connectivity index is 2.42. The summed E-state index contributed by atoms with van der Waals surface area (Å²) in [5.41, 5.74) is 2.58. The molecule has 108 valence electrons. The second-order valence-electron chi connectivity index (χ2n) is 4.68. The molecule has 0 aliphatic heterocycles. The molecule has 2 aromatic rings. The van der Waals surface area contributed by atoms with Crippen LogP contribution in [0.1, 0.15) is 16.7 Å². The van der Waals surface area contributed by atoms with Gasteiger partial charge in [-0.2, -0.15) is 5.26 Å². The summed E-state index contributed by atoms with van der Waals surface area (Å²) in [5, 5.41) is 8.90. The number of nitrogens with one attached hydrogen (secondary N) is 1. The van der Waals surface area contributed by atoms with E-state index in [1.165, 1.54) is 0 Å². The molecule has 0 unspecified atom stereocenters. The van der Waals surface area contributed by atoms with Gasteiger partial charge in [-0.1, -0.05) is 17.7 Å². The maximum Gasteiger partial charge on any atom is 0.261 e. The van der Waals surface area contributed by atoms with Gasteiger partial charge in [-0.05, 0) is 59.6 Å². The molecule has 0 bridgehead atoms. The van der Waals surface area contributed by atoms with E-state index in [-0.39, 0.29) is 4.90 Å². The van der Waals surface area contributed by atoms with Gasteiger partial charge in [-0.15, -0.1) is 0 Å². The number of anilines is 1. The van der Waals surface area contributed by atoms with Gasteiger partial charge in [-0.3, -0.25) is 4.72 Å². The number of sulfonamides is 1. The highest BCUT2D eigenvalue weighted by atomic mass is 79.9. The van der Waals surface area contributed by atoms with Crippen LogP contribution < -0.4 is 4.72 Å². The van der Waals surface area contributed by atoms with E-state index in [0.717, 1.165) is 5.56 Å². The quantitative estimate of drug-likeness (QED) is 0.901. The van der Waals surface area contributed by atoms with Crippen molar-refractivity contribution in [3.05, 3.63) is 57.6 Å². The SMILES string of the molecule is Cc1ccc(S(=O)(=O)Nc2c(C)cc(C#N)cc2Br)cc1. The van der Waals surface area contributed by atoms with Crippen molar-refractivity contribution in [3.63, 3.8) is 0 Å². The molecule has 2 aromatic carbocycles. The predicted molar refractivity (Wildman–Crippen MR) is 85.6 cm³/mol. The average Bonchev–Trinajstić information content (AvgIpc) is 2.43. The minimum Gasteiger partial charge on any atom is -0.278 e. The molecular weight excluding hydrogens is 352 g/mol. The van der Waals surface area contributed by atoms with Crippen molar-refractivity contribution in [2.24, 2.45) is 0 Å². The molecule has 6 heteroatoms. The third-order valence-electron chi connectivity index (χ3n) is 2.98. The Morgan fingerprint density at radius 2 is 1.76 bits per heavy atom. The van der Waals surface area contributed by atoms with Crippen LogP contribution in [-0.4, -0.2) is 8.42 Å². The van der Waals surface area contributed by atoms with E-state index in [2.05, 4.69) is 20.7 Å². The lowest BCUT2D eigenvalue weighted by atomic mass is 10.1. The van der Waals surface area contributed by atoms with Gasteiger partial charge in [0.15, 0.2) is 0 Å². The van der Waals surface area contributed by atoms with Crippen molar-refractivity contribution < 1.29 is 8.42 Å². The Morgan fingerprint density at radius 1 is 1.14 bits per heavy atom. The fraction of sp³-hybridized carbons (Fsp3) is 0.133. The largest absolute Gasteiger partial charge is 0.278 e. The Hall–Kier alpha value is -1.84. The molecule has 21 heavy (non-hydrogen) atoms. The zero-order valence-electron chi connectivity index (χ0n) is 11.5. The fourth-order valence-electron chi connectivity index (χ4n) is 1.85. The summed E-state index contributed by atoms with van der Waals surface area (Å²) >= 11 is 3.30. The third kappa shape index (κ3) is 3.43. The lowest BCUT2D eigenvalue weighted by Crippen LogP contribution is -2.14. The van der Waals surface area contributed by atoms with Crippen molar-refractivity contribution in [1.82, 2.24) is 0 Å². The summed E-state index contributed by atoms with van der Waals surface area (Å²) in [6.07, 6.45) is 0. The first-order chi connectivity index (χ1) is 9.83. The number of halogens is 1. The first-order valence-electron chi connectivity index (χ1n) is 6.13. The van der Waals surface area contributed by atoms with Gasteiger partial charge in [-0.25, -0.2) is 8.42 Å². The molecule has 0 aliphatic carbocycles. The summed E-state index contributed by atoms with van der Waals surface area (Å²) in [6.45, 7) is 3.64. The lowest BCUT2D eigenvalue weighted by molar-refractivity contribution is 0.601. The van der Waals surface area contributed by atoms with Crippen molar-refractivity contribution >= 4 is 31.6 Å². The Morgan fingerprint density at radius 3 is 2.29 bits per heavy atom. The molecule has 0 aromatic heterocycles. The highest BCUT2D eigenvalue weighted by Gasteiger charge is 2.17. The van der Waals surface area contributed by atoms with Crippen LogP contribution in [0, 0.1) is 25.2 Å². The lowest BCUT2D eigenvalue weighted by Gasteiger charge is -2.13. The molecule has 0 heterocycles. The Bertz CT molecular complexity index is 799. The highest BCUT2D eigenvalue weighted by Crippen LogP contribution is 2.30. The van der Waals surface area contributed by atoms with Crippen LogP contribution in [0.4, 0.5) is 5.69 Å². The molecular formula is C15H13BrN2O2S. The van der Waals surface area contributed by atoms with Crippen LogP contribution in [-0.2, 0) is 10.0 Å². The Kier molecular flexibility index (Phi) is 4.35. The molecule has 2 rings (SSSR count). The number of nitriles is 1. The van der Waals surface area contributed by atoms with Gasteiger partial charge in [0.2, 0.25) is 0 Å². The topological polar surface area (TPSA) is 70.0 Å². The number of hydrogen-bond donors (Lipinski definition) is 1. The van der Waals surface area contributed by atoms with Crippen LogP contribution in [0.25, 0.3) is 0 Å². The zero-order valence-corrected chi connectivity index (χ0v) is 13.9. The number of rotatable bonds is 3. The molecule has 0 fully saturated rings. The monoisotopic (exact) mass is 364 g/mol. The standard InChI is InChI=1S/C15H13BrN2O2S/c1-10-3-5-13(6-4-10)21(19,20)18-15-11(2)7-12(9-17)8-14(15)16/h3-8,18H,1-2H3. The van der Waals surface area contributed by atoms with Gasteiger partial charge < -0.3 is 0 Å². The van der Waals surface area contributed by atoms with E-state index in [4.69, 9.17) is 5.26 Å². The van der Waals surface area contributed by atoms with Crippen molar-refractivity contribution in [2.75, 3.05) is 4.72 Å². The van der Waals surface area contributed by atoms with Crippen LogP contribution in [0.15, 0.2) is 45.8 Å². The van der Waals surface area contributed by atoms with Crippen LogP contribution in [0.3, 0.4) is 0 Å². The maximum atomic E-state index is 12.4. The van der Waals surface area contributed by atoms with E-state index in [9.17, 15) is 8.42 Å². The highest BCUT2D eigenvalue weighted by molar-refractivity contribution is 9.10. The third-order valence-corrected chi connectivity index (χ3v) is 4.98. The van der Waals surface area contributed by atoms with Crippen LogP contribution in [0.5, 0.6) is 0 Å². The maximum absolute atomic E-state index is 12.4. The van der Waals surface area contributed by atoms with Crippen molar-refractivity contribution in [3.8, 4) is 6.07 Å². The summed E-state index contributed by atoms with van der Waals surface area (Å²) in [5.74, 6) is 0. The average molecular weight is 365 g/mol. The normalized spacial score (nSPS) is 11.0. The number of aryl methyl sites for hydroxylation is 2. The second-order valence-corrected chi connectivity index (χ2v) is 7.22. The number of nitrogens with zero attached hydrogens (tertiary/aromatic N) is 1. The smallest absolute Gasteiger partial charge is 0.261 e. The van der Waals surface area contributed by atoms with E-state index >= 15 is 0 Å². The summed E-state index contributed by atoms with van der Waals surface area (Å²) in [6, 6.07) is 11.9. The van der Waals surface area contributed by atoms with Crippen LogP contribution in [0.2, 0.25) is 0 Å². The summed E-state index contributed by atoms with van der Waals surface area (Å²) < 4.78 is 27.8. The molecule has 0 saturated heterocycles. The summed E-state index contributed by atoms with van der Waals surface area (Å²) in [4.78, 5) is 0.198. The first kappa shape index (κ1) is 15.5. The molecule has 4 nitrogen and oxygen atoms in total. The van der Waals surface area contributed by atoms with Crippen molar-refractivity contribution in [2.45, 2.75) is 18.7 Å². The minimum atomic E-state index is -3.66. The predicted octanol–water partition coefficient (Wildman–Crippen LogP) is 3.74. The van der Waals surface area contributed by atoms with Gasteiger partial charge in [0, 0.05) is 4.47 Å². The molecule has 1 N–H and O–H groups in total. The molecule has 0 radical (unpaired) electrons. The Labute approximate surface area is 132 Å². The van der Waals surface area contributed by atoms with Gasteiger partial charge in [0.25, 0.3) is 10.0 Å². The van der Waals surface area contributed by atoms with Gasteiger partial charge in [0.1, 0.15) is 0 Å². The second kappa shape index (κ2) is 5.88. The molecule has 0 amide bonds. The van der Waals surface area contributed by atoms with E-state index in [1.54, 1.807) is 43.3 Å². The minimum absolute atomic E-state index is 0.198. The number of hydrogen-bond acceptors (Lipinski definition) is 3. The number of benzene rings is 2. The zero-order chi connectivity index (χ0) is 15.6. The molecule has 0 aliphatic rings. The molecule has 0 atom stereocenters. The van der Waals surface area contributed by atoms with E-state index in [0.29, 0.717) is 21.3 Å². The van der Waals surface area contributed by atoms with E-state index in [1.807, 2.05) is 13.0 Å². The molecule has 0 spiro atoms. The summed E-state index contributed by atoms with van der Waals surface area (Å²) in [7, 11) is -3.66. The molecule has 0 saturated carbocycles. The van der Waals surface area contributed by atoms with Crippen LogP contribution >= 0.6 is 15.9 Å². The van der Waals surface area contributed by atoms with E-state index < -0.39 is 10.0 Å².